The molecular weight excluding hydrogens is 345 g/mol. The molecular formula is C22H26FNO3. The minimum absolute atomic E-state index is 0.132. The molecule has 0 saturated heterocycles. The third-order valence-electron chi connectivity index (χ3n) is 5.21. The van der Waals surface area contributed by atoms with E-state index in [1.54, 1.807) is 25.3 Å². The van der Waals surface area contributed by atoms with Crippen LogP contribution in [-0.4, -0.2) is 19.6 Å². The van der Waals surface area contributed by atoms with Gasteiger partial charge in [-0.15, -0.1) is 0 Å². The van der Waals surface area contributed by atoms with Gasteiger partial charge in [0.1, 0.15) is 17.3 Å². The normalized spacial score (nSPS) is 14.9. The number of halogens is 1. The number of nitrogens with one attached hydrogen (secondary N) is 1. The van der Waals surface area contributed by atoms with Crippen LogP contribution in [0.25, 0.3) is 0 Å². The third-order valence-corrected chi connectivity index (χ3v) is 5.21. The van der Waals surface area contributed by atoms with E-state index >= 15 is 0 Å². The van der Waals surface area contributed by atoms with E-state index in [1.807, 2.05) is 12.1 Å². The molecule has 0 aromatic heterocycles. The topological polar surface area (TPSA) is 47.6 Å². The zero-order valence-electron chi connectivity index (χ0n) is 15.9. The Kier molecular flexibility index (Phi) is 5.99. The summed E-state index contributed by atoms with van der Waals surface area (Å²) < 4.78 is 24.8. The minimum atomic E-state index is -0.689. The van der Waals surface area contributed by atoms with Gasteiger partial charge in [0, 0.05) is 6.07 Å². The molecule has 1 amide bonds. The van der Waals surface area contributed by atoms with E-state index in [0.717, 1.165) is 24.8 Å². The first-order valence-electron chi connectivity index (χ1n) is 9.47. The molecule has 3 rings (SSSR count). The first-order chi connectivity index (χ1) is 13.1. The predicted octanol–water partition coefficient (Wildman–Crippen LogP) is 5.07. The number of rotatable bonds is 8. The Labute approximate surface area is 159 Å². The van der Waals surface area contributed by atoms with E-state index < -0.39 is 5.41 Å². The lowest BCUT2D eigenvalue weighted by molar-refractivity contribution is -0.124. The van der Waals surface area contributed by atoms with E-state index in [1.165, 1.54) is 12.1 Å². The average Bonchev–Trinajstić information content (AvgIpc) is 2.62. The molecule has 0 bridgehead atoms. The van der Waals surface area contributed by atoms with Crippen molar-refractivity contribution in [3.63, 3.8) is 0 Å². The summed E-state index contributed by atoms with van der Waals surface area (Å²) in [7, 11) is 1.58. The molecule has 0 unspecified atom stereocenters. The second-order valence-corrected chi connectivity index (χ2v) is 6.96. The zero-order chi connectivity index (χ0) is 19.3. The Morgan fingerprint density at radius 2 is 2.04 bits per heavy atom. The van der Waals surface area contributed by atoms with Crippen molar-refractivity contribution in [2.24, 2.45) is 0 Å². The summed E-state index contributed by atoms with van der Waals surface area (Å²) in [6.07, 6.45) is 4.33. The molecule has 0 radical (unpaired) electrons. The quantitative estimate of drug-likeness (QED) is 0.659. The SMILES string of the molecule is CCCCOc1ccc(OC)cc1NC(=O)C1(c2cccc(F)c2)CCC1. The van der Waals surface area contributed by atoms with Gasteiger partial charge in [0.15, 0.2) is 0 Å². The summed E-state index contributed by atoms with van der Waals surface area (Å²) >= 11 is 0. The van der Waals surface area contributed by atoms with Gasteiger partial charge < -0.3 is 14.8 Å². The molecule has 4 nitrogen and oxygen atoms in total. The van der Waals surface area contributed by atoms with Crippen molar-refractivity contribution in [1.29, 1.82) is 0 Å². The van der Waals surface area contributed by atoms with Crippen LogP contribution in [0.3, 0.4) is 0 Å². The van der Waals surface area contributed by atoms with Gasteiger partial charge in [0.05, 0.1) is 24.8 Å². The van der Waals surface area contributed by atoms with E-state index in [9.17, 15) is 9.18 Å². The summed E-state index contributed by atoms with van der Waals surface area (Å²) in [6, 6.07) is 11.7. The smallest absolute Gasteiger partial charge is 0.235 e. The number of anilines is 1. The van der Waals surface area contributed by atoms with E-state index in [4.69, 9.17) is 9.47 Å². The highest BCUT2D eigenvalue weighted by atomic mass is 19.1. The lowest BCUT2D eigenvalue weighted by atomic mass is 9.63. The fraction of sp³-hybridized carbons (Fsp3) is 0.409. The van der Waals surface area contributed by atoms with Crippen molar-refractivity contribution >= 4 is 11.6 Å². The largest absolute Gasteiger partial charge is 0.497 e. The molecule has 1 fully saturated rings. The molecule has 0 spiro atoms. The monoisotopic (exact) mass is 371 g/mol. The molecule has 2 aromatic carbocycles. The van der Waals surface area contributed by atoms with Gasteiger partial charge in [-0.25, -0.2) is 4.39 Å². The number of hydrogen-bond acceptors (Lipinski definition) is 3. The van der Waals surface area contributed by atoms with Crippen molar-refractivity contribution in [3.05, 3.63) is 53.8 Å². The molecule has 144 valence electrons. The molecule has 5 heteroatoms. The van der Waals surface area contributed by atoms with Crippen LogP contribution in [0.15, 0.2) is 42.5 Å². The first kappa shape index (κ1) is 19.2. The lowest BCUT2D eigenvalue weighted by Gasteiger charge is -2.40. The molecule has 1 aliphatic carbocycles. The lowest BCUT2D eigenvalue weighted by Crippen LogP contribution is -2.46. The molecule has 1 saturated carbocycles. The van der Waals surface area contributed by atoms with Gasteiger partial charge in [-0.2, -0.15) is 0 Å². The Morgan fingerprint density at radius 3 is 2.67 bits per heavy atom. The van der Waals surface area contributed by atoms with Gasteiger partial charge in [0.2, 0.25) is 5.91 Å². The van der Waals surface area contributed by atoms with E-state index in [0.29, 0.717) is 36.6 Å². The summed E-state index contributed by atoms with van der Waals surface area (Å²) in [5.74, 6) is 0.803. The highest BCUT2D eigenvalue weighted by molar-refractivity contribution is 6.01. The highest BCUT2D eigenvalue weighted by Crippen LogP contribution is 2.45. The standard InChI is InChI=1S/C22H26FNO3/c1-3-4-13-27-20-10-9-18(26-2)15-19(20)24-21(25)22(11-6-12-22)16-7-5-8-17(23)14-16/h5,7-10,14-15H,3-4,6,11-13H2,1-2H3,(H,24,25). The molecule has 0 heterocycles. The minimum Gasteiger partial charge on any atom is -0.497 e. The number of carbonyl (C=O) groups is 1. The first-order valence-corrected chi connectivity index (χ1v) is 9.47. The van der Waals surface area contributed by atoms with Gasteiger partial charge >= 0.3 is 0 Å². The molecule has 0 aliphatic heterocycles. The number of methoxy groups -OCH3 is 1. The zero-order valence-corrected chi connectivity index (χ0v) is 15.9. The van der Waals surface area contributed by atoms with Crippen LogP contribution in [0.1, 0.15) is 44.6 Å². The summed E-state index contributed by atoms with van der Waals surface area (Å²) in [6.45, 7) is 2.68. The fourth-order valence-corrected chi connectivity index (χ4v) is 3.39. The van der Waals surface area contributed by atoms with Crippen LogP contribution < -0.4 is 14.8 Å². The summed E-state index contributed by atoms with van der Waals surface area (Å²) in [4.78, 5) is 13.2. The van der Waals surface area contributed by atoms with Crippen LogP contribution in [0.2, 0.25) is 0 Å². The maximum atomic E-state index is 13.7. The van der Waals surface area contributed by atoms with Crippen LogP contribution in [0.4, 0.5) is 10.1 Å². The maximum Gasteiger partial charge on any atom is 0.235 e. The van der Waals surface area contributed by atoms with Gasteiger partial charge in [-0.3, -0.25) is 4.79 Å². The predicted molar refractivity (Wildman–Crippen MR) is 104 cm³/mol. The summed E-state index contributed by atoms with van der Waals surface area (Å²) in [5.41, 5.74) is 0.618. The number of benzene rings is 2. The van der Waals surface area contributed by atoms with E-state index in [2.05, 4.69) is 12.2 Å². The maximum absolute atomic E-state index is 13.7. The number of amides is 1. The number of carbonyl (C=O) groups excluding carboxylic acids is 1. The van der Waals surface area contributed by atoms with Crippen LogP contribution in [0, 0.1) is 5.82 Å². The highest BCUT2D eigenvalue weighted by Gasteiger charge is 2.46. The van der Waals surface area contributed by atoms with Crippen molar-refractivity contribution in [2.75, 3.05) is 19.0 Å². The van der Waals surface area contributed by atoms with E-state index in [-0.39, 0.29) is 11.7 Å². The molecule has 1 aliphatic rings. The summed E-state index contributed by atoms with van der Waals surface area (Å²) in [5, 5.41) is 3.01. The van der Waals surface area contributed by atoms with Crippen LogP contribution >= 0.6 is 0 Å². The molecule has 2 aromatic rings. The number of hydrogen-bond donors (Lipinski definition) is 1. The fourth-order valence-electron chi connectivity index (χ4n) is 3.39. The number of ether oxygens (including phenoxy) is 2. The number of unbranched alkanes of at least 4 members (excludes halogenated alkanes) is 1. The van der Waals surface area contributed by atoms with Crippen molar-refractivity contribution < 1.29 is 18.7 Å². The van der Waals surface area contributed by atoms with Crippen LogP contribution in [-0.2, 0) is 10.2 Å². The van der Waals surface area contributed by atoms with Gasteiger partial charge in [-0.1, -0.05) is 31.9 Å². The Hall–Kier alpha value is -2.56. The molecule has 27 heavy (non-hydrogen) atoms. The van der Waals surface area contributed by atoms with Gasteiger partial charge in [-0.05, 0) is 49.1 Å². The molecule has 0 atom stereocenters. The molecule has 1 N–H and O–H groups in total. The Bertz CT molecular complexity index is 802. The van der Waals surface area contributed by atoms with Crippen molar-refractivity contribution in [2.45, 2.75) is 44.4 Å². The van der Waals surface area contributed by atoms with Crippen molar-refractivity contribution in [3.8, 4) is 11.5 Å². The van der Waals surface area contributed by atoms with Gasteiger partial charge in [0.25, 0.3) is 0 Å². The second-order valence-electron chi connectivity index (χ2n) is 6.96. The van der Waals surface area contributed by atoms with Crippen LogP contribution in [0.5, 0.6) is 11.5 Å². The Morgan fingerprint density at radius 1 is 1.22 bits per heavy atom. The third kappa shape index (κ3) is 4.07. The second kappa shape index (κ2) is 8.42. The van der Waals surface area contributed by atoms with Crippen molar-refractivity contribution in [1.82, 2.24) is 0 Å². The Balaban J connectivity index is 1.85. The average molecular weight is 371 g/mol.